The van der Waals surface area contributed by atoms with Crippen molar-refractivity contribution in [3.8, 4) is 0 Å². The quantitative estimate of drug-likeness (QED) is 0.892. The second-order valence-corrected chi connectivity index (χ2v) is 4.74. The van der Waals surface area contributed by atoms with Crippen molar-refractivity contribution in [2.24, 2.45) is 5.92 Å². The van der Waals surface area contributed by atoms with Gasteiger partial charge in [-0.3, -0.25) is 4.79 Å². The van der Waals surface area contributed by atoms with Gasteiger partial charge >= 0.3 is 12.1 Å². The number of alkyl halides is 3. The van der Waals surface area contributed by atoms with Crippen LogP contribution in [0.15, 0.2) is 11.4 Å². The molecule has 0 aliphatic rings. The summed E-state index contributed by atoms with van der Waals surface area (Å²) >= 11 is 0.840. The summed E-state index contributed by atoms with van der Waals surface area (Å²) in [4.78, 5) is 11.2. The maximum atomic E-state index is 12.3. The average molecular weight is 252 g/mol. The fourth-order valence-corrected chi connectivity index (χ4v) is 2.58. The van der Waals surface area contributed by atoms with E-state index in [1.54, 1.807) is 13.8 Å². The van der Waals surface area contributed by atoms with E-state index in [1.807, 2.05) is 0 Å². The highest BCUT2D eigenvalue weighted by Crippen LogP contribution is 2.37. The summed E-state index contributed by atoms with van der Waals surface area (Å²) in [6.45, 7) is 3.34. The van der Waals surface area contributed by atoms with Crippen LogP contribution in [0.4, 0.5) is 13.2 Å². The Hall–Kier alpha value is -1.04. The van der Waals surface area contributed by atoms with Crippen LogP contribution in [0.2, 0.25) is 0 Å². The number of aliphatic carboxylic acids is 1. The molecule has 0 amide bonds. The number of hydrogen-bond donors (Lipinski definition) is 1. The van der Waals surface area contributed by atoms with Gasteiger partial charge in [-0.15, -0.1) is 11.3 Å². The van der Waals surface area contributed by atoms with Gasteiger partial charge in [0.25, 0.3) is 0 Å². The Balaban J connectivity index is 3.04. The van der Waals surface area contributed by atoms with Gasteiger partial charge in [-0.25, -0.2) is 0 Å². The summed E-state index contributed by atoms with van der Waals surface area (Å²) in [7, 11) is 0. The Morgan fingerprint density at radius 1 is 1.44 bits per heavy atom. The Morgan fingerprint density at radius 2 is 2.00 bits per heavy atom. The van der Waals surface area contributed by atoms with E-state index in [0.29, 0.717) is 0 Å². The first kappa shape index (κ1) is 13.0. The lowest BCUT2D eigenvalue weighted by atomic mass is 9.94. The van der Waals surface area contributed by atoms with Crippen LogP contribution < -0.4 is 0 Å². The van der Waals surface area contributed by atoms with Crippen LogP contribution in [0, 0.1) is 5.92 Å². The molecule has 1 unspecified atom stereocenters. The third kappa shape index (κ3) is 2.75. The molecule has 0 fully saturated rings. The standard InChI is InChI=1S/C10H11F3O2S/c1-5(2)8(9(14)15)7-3-6(4-16-7)10(11,12)13/h3-5,8H,1-2H3,(H,14,15). The molecule has 0 aliphatic heterocycles. The number of halogens is 3. The van der Waals surface area contributed by atoms with Crippen LogP contribution >= 0.6 is 11.3 Å². The predicted octanol–water partition coefficient (Wildman–Crippen LogP) is 3.59. The van der Waals surface area contributed by atoms with Crippen LogP contribution in [0.3, 0.4) is 0 Å². The van der Waals surface area contributed by atoms with Crippen molar-refractivity contribution < 1.29 is 23.1 Å². The van der Waals surface area contributed by atoms with Gasteiger partial charge in [0.1, 0.15) is 0 Å². The molecule has 16 heavy (non-hydrogen) atoms. The molecule has 0 bridgehead atoms. The number of hydrogen-bond acceptors (Lipinski definition) is 2. The normalized spacial score (nSPS) is 14.1. The number of rotatable bonds is 3. The monoisotopic (exact) mass is 252 g/mol. The molecular weight excluding hydrogens is 241 g/mol. The largest absolute Gasteiger partial charge is 0.481 e. The zero-order chi connectivity index (χ0) is 12.5. The summed E-state index contributed by atoms with van der Waals surface area (Å²) in [6, 6.07) is 0.920. The minimum Gasteiger partial charge on any atom is -0.481 e. The SMILES string of the molecule is CC(C)C(C(=O)O)c1cc(C(F)(F)F)cs1. The zero-order valence-electron chi connectivity index (χ0n) is 8.71. The molecule has 0 aliphatic carbocycles. The lowest BCUT2D eigenvalue weighted by molar-refractivity contribution is -0.140. The van der Waals surface area contributed by atoms with Crippen molar-refractivity contribution in [2.45, 2.75) is 25.9 Å². The third-order valence-corrected chi connectivity index (χ3v) is 3.20. The lowest BCUT2D eigenvalue weighted by Gasteiger charge is -2.13. The van der Waals surface area contributed by atoms with Crippen molar-refractivity contribution in [3.63, 3.8) is 0 Å². The Morgan fingerprint density at radius 3 is 2.31 bits per heavy atom. The summed E-state index contributed by atoms with van der Waals surface area (Å²) in [5.74, 6) is -2.20. The van der Waals surface area contributed by atoms with Gasteiger partial charge in [-0.2, -0.15) is 13.2 Å². The molecule has 0 spiro atoms. The topological polar surface area (TPSA) is 37.3 Å². The van der Waals surface area contributed by atoms with Crippen LogP contribution in [0.5, 0.6) is 0 Å². The summed E-state index contributed by atoms with van der Waals surface area (Å²) in [5, 5.41) is 9.89. The molecule has 0 saturated heterocycles. The first-order chi connectivity index (χ1) is 7.23. The van der Waals surface area contributed by atoms with Crippen LogP contribution in [-0.4, -0.2) is 11.1 Å². The zero-order valence-corrected chi connectivity index (χ0v) is 9.52. The van der Waals surface area contributed by atoms with Crippen molar-refractivity contribution in [3.05, 3.63) is 21.9 Å². The van der Waals surface area contributed by atoms with Gasteiger partial charge in [0.15, 0.2) is 0 Å². The van der Waals surface area contributed by atoms with Crippen molar-refractivity contribution >= 4 is 17.3 Å². The molecule has 0 radical (unpaired) electrons. The minimum atomic E-state index is -4.41. The molecule has 0 aromatic carbocycles. The maximum Gasteiger partial charge on any atom is 0.417 e. The molecule has 1 atom stereocenters. The fourth-order valence-electron chi connectivity index (χ4n) is 1.40. The van der Waals surface area contributed by atoms with Gasteiger partial charge in [0.05, 0.1) is 11.5 Å². The third-order valence-electron chi connectivity index (χ3n) is 2.19. The van der Waals surface area contributed by atoms with E-state index in [4.69, 9.17) is 5.11 Å². The highest BCUT2D eigenvalue weighted by atomic mass is 32.1. The molecule has 1 rings (SSSR count). The molecule has 1 heterocycles. The van der Waals surface area contributed by atoms with E-state index in [2.05, 4.69) is 0 Å². The van der Waals surface area contributed by atoms with Gasteiger partial charge in [0.2, 0.25) is 0 Å². The molecule has 1 N–H and O–H groups in total. The molecule has 6 heteroatoms. The summed E-state index contributed by atoms with van der Waals surface area (Å²) in [5.41, 5.74) is -0.778. The molecule has 1 aromatic heterocycles. The Bertz CT molecular complexity index is 382. The van der Waals surface area contributed by atoms with Crippen molar-refractivity contribution in [1.82, 2.24) is 0 Å². The van der Waals surface area contributed by atoms with Gasteiger partial charge in [0, 0.05) is 10.3 Å². The molecule has 90 valence electrons. The number of carboxylic acid groups (broad SMARTS) is 1. The number of thiophene rings is 1. The molecular formula is C10H11F3O2S. The van der Waals surface area contributed by atoms with Gasteiger partial charge < -0.3 is 5.11 Å². The van der Waals surface area contributed by atoms with Crippen LogP contribution in [0.25, 0.3) is 0 Å². The summed E-state index contributed by atoms with van der Waals surface area (Å²) < 4.78 is 37.0. The number of carboxylic acids is 1. The molecule has 1 aromatic rings. The van der Waals surface area contributed by atoms with Crippen LogP contribution in [-0.2, 0) is 11.0 Å². The predicted molar refractivity (Wildman–Crippen MR) is 54.5 cm³/mol. The minimum absolute atomic E-state index is 0.239. The van der Waals surface area contributed by atoms with Crippen molar-refractivity contribution in [2.75, 3.05) is 0 Å². The molecule has 2 nitrogen and oxygen atoms in total. The fraction of sp³-hybridized carbons (Fsp3) is 0.500. The highest BCUT2D eigenvalue weighted by molar-refractivity contribution is 7.10. The van der Waals surface area contributed by atoms with E-state index in [0.717, 1.165) is 22.8 Å². The Labute approximate surface area is 94.7 Å². The average Bonchev–Trinajstić information content (AvgIpc) is 2.50. The van der Waals surface area contributed by atoms with E-state index >= 15 is 0 Å². The first-order valence-corrected chi connectivity index (χ1v) is 5.50. The van der Waals surface area contributed by atoms with E-state index in [-0.39, 0.29) is 10.8 Å². The van der Waals surface area contributed by atoms with Gasteiger partial charge in [-0.1, -0.05) is 13.8 Å². The molecule has 0 saturated carbocycles. The highest BCUT2D eigenvalue weighted by Gasteiger charge is 2.34. The number of carbonyl (C=O) groups is 1. The smallest absolute Gasteiger partial charge is 0.417 e. The second kappa shape index (κ2) is 4.45. The van der Waals surface area contributed by atoms with E-state index in [1.165, 1.54) is 0 Å². The maximum absolute atomic E-state index is 12.3. The van der Waals surface area contributed by atoms with E-state index in [9.17, 15) is 18.0 Å². The van der Waals surface area contributed by atoms with Crippen LogP contribution in [0.1, 0.15) is 30.2 Å². The van der Waals surface area contributed by atoms with Crippen molar-refractivity contribution in [1.29, 1.82) is 0 Å². The second-order valence-electron chi connectivity index (χ2n) is 3.80. The lowest BCUT2D eigenvalue weighted by Crippen LogP contribution is -2.16. The van der Waals surface area contributed by atoms with E-state index < -0.39 is 23.6 Å². The van der Waals surface area contributed by atoms with Gasteiger partial charge in [-0.05, 0) is 12.0 Å². The summed E-state index contributed by atoms with van der Waals surface area (Å²) in [6.07, 6.45) is -4.41. The first-order valence-electron chi connectivity index (χ1n) is 4.62. The Kier molecular flexibility index (Phi) is 3.62.